The smallest absolute Gasteiger partial charge is 0.253 e. The monoisotopic (exact) mass is 513 g/mol. The predicted molar refractivity (Wildman–Crippen MR) is 129 cm³/mol. The molecule has 0 saturated carbocycles. The summed E-state index contributed by atoms with van der Waals surface area (Å²) in [6.45, 7) is 3.94. The van der Waals surface area contributed by atoms with Crippen LogP contribution < -0.4 is 0 Å². The van der Waals surface area contributed by atoms with Crippen LogP contribution in [0.2, 0.25) is 0 Å². The lowest BCUT2D eigenvalue weighted by Crippen LogP contribution is -2.48. The lowest BCUT2D eigenvalue weighted by molar-refractivity contribution is 0.0624. The van der Waals surface area contributed by atoms with E-state index in [1.165, 1.54) is 28.6 Å². The highest BCUT2D eigenvalue weighted by Crippen LogP contribution is 2.21. The van der Waals surface area contributed by atoms with Crippen molar-refractivity contribution in [2.24, 2.45) is 0 Å². The zero-order valence-electron chi connectivity index (χ0n) is 19.8. The number of halogens is 1. The van der Waals surface area contributed by atoms with Gasteiger partial charge in [0.05, 0.1) is 17.1 Å². The van der Waals surface area contributed by atoms with Crippen molar-refractivity contribution in [2.75, 3.05) is 39.3 Å². The largest absolute Gasteiger partial charge is 0.336 e. The summed E-state index contributed by atoms with van der Waals surface area (Å²) in [5.41, 5.74) is 1.15. The molecule has 2 aliphatic heterocycles. The minimum atomic E-state index is -3.52. The Bertz CT molecular complexity index is 1300. The van der Waals surface area contributed by atoms with Crippen LogP contribution in [0, 0.1) is 5.82 Å². The fourth-order valence-electron chi connectivity index (χ4n) is 4.60. The molecule has 2 fully saturated rings. The van der Waals surface area contributed by atoms with Crippen LogP contribution in [0.4, 0.5) is 4.39 Å². The van der Waals surface area contributed by atoms with Gasteiger partial charge in [-0.2, -0.15) is 8.99 Å². The normalized spacial score (nSPS) is 17.9. The second-order valence-corrected chi connectivity index (χ2v) is 11.0. The van der Waals surface area contributed by atoms with E-state index in [0.29, 0.717) is 62.9 Å². The summed E-state index contributed by atoms with van der Waals surface area (Å²) in [4.78, 5) is 17.2. The van der Waals surface area contributed by atoms with E-state index in [1.807, 2.05) is 0 Å². The molecule has 0 bridgehead atoms. The van der Waals surface area contributed by atoms with Gasteiger partial charge in [-0.3, -0.25) is 9.69 Å². The molecule has 2 aliphatic rings. The number of carbonyl (C=O) groups is 1. The standard InChI is InChI=1S/C24H28FN7O3S/c25-20-6-8-21(9-7-20)32-23(26-27-28-32)18-29-14-16-30(17-15-29)24(33)19-4-10-22(11-5-19)36(34,35)31-12-2-1-3-13-31/h4-11H,1-3,12-18H2. The molecule has 0 spiro atoms. The van der Waals surface area contributed by atoms with Gasteiger partial charge in [-0.1, -0.05) is 6.42 Å². The number of hydrogen-bond acceptors (Lipinski definition) is 7. The number of rotatable bonds is 6. The fraction of sp³-hybridized carbons (Fsp3) is 0.417. The summed E-state index contributed by atoms with van der Waals surface area (Å²) in [5, 5.41) is 11.9. The van der Waals surface area contributed by atoms with E-state index >= 15 is 0 Å². The van der Waals surface area contributed by atoms with Gasteiger partial charge in [0.2, 0.25) is 10.0 Å². The summed E-state index contributed by atoms with van der Waals surface area (Å²) in [7, 11) is -3.52. The quantitative estimate of drug-likeness (QED) is 0.496. The van der Waals surface area contributed by atoms with Gasteiger partial charge in [-0.15, -0.1) is 5.10 Å². The van der Waals surface area contributed by atoms with E-state index < -0.39 is 10.0 Å². The van der Waals surface area contributed by atoms with E-state index in [2.05, 4.69) is 20.4 Å². The maximum atomic E-state index is 13.2. The Morgan fingerprint density at radius 1 is 0.861 bits per heavy atom. The number of benzene rings is 2. The summed E-state index contributed by atoms with van der Waals surface area (Å²) >= 11 is 0. The number of tetrazole rings is 1. The second-order valence-electron chi connectivity index (χ2n) is 9.04. The Morgan fingerprint density at radius 2 is 1.53 bits per heavy atom. The molecule has 0 aliphatic carbocycles. The number of piperazine rings is 1. The summed E-state index contributed by atoms with van der Waals surface area (Å²) in [5.74, 6) is 0.187. The topological polar surface area (TPSA) is 105 Å². The molecule has 0 atom stereocenters. The first-order valence-electron chi connectivity index (χ1n) is 12.1. The molecule has 36 heavy (non-hydrogen) atoms. The van der Waals surface area contributed by atoms with Gasteiger partial charge < -0.3 is 4.90 Å². The highest BCUT2D eigenvalue weighted by atomic mass is 32.2. The van der Waals surface area contributed by atoms with Crippen LogP contribution in [-0.4, -0.2) is 87.9 Å². The van der Waals surface area contributed by atoms with Crippen LogP contribution in [0.3, 0.4) is 0 Å². The molecule has 1 amide bonds. The van der Waals surface area contributed by atoms with Gasteiger partial charge in [0.1, 0.15) is 5.82 Å². The summed E-state index contributed by atoms with van der Waals surface area (Å²) in [6, 6.07) is 12.2. The van der Waals surface area contributed by atoms with Gasteiger partial charge >= 0.3 is 0 Å². The van der Waals surface area contributed by atoms with E-state index in [4.69, 9.17) is 0 Å². The lowest BCUT2D eigenvalue weighted by atomic mass is 10.2. The predicted octanol–water partition coefficient (Wildman–Crippen LogP) is 1.93. The minimum Gasteiger partial charge on any atom is -0.336 e. The summed E-state index contributed by atoms with van der Waals surface area (Å²) < 4.78 is 42.1. The summed E-state index contributed by atoms with van der Waals surface area (Å²) in [6.07, 6.45) is 2.81. The molecular weight excluding hydrogens is 485 g/mol. The minimum absolute atomic E-state index is 0.118. The van der Waals surface area contributed by atoms with Crippen LogP contribution in [0.15, 0.2) is 53.4 Å². The van der Waals surface area contributed by atoms with Crippen LogP contribution >= 0.6 is 0 Å². The first kappa shape index (κ1) is 24.5. The molecule has 190 valence electrons. The van der Waals surface area contributed by atoms with Crippen molar-refractivity contribution in [3.05, 3.63) is 65.7 Å². The number of aromatic nitrogens is 4. The highest BCUT2D eigenvalue weighted by Gasteiger charge is 2.27. The Labute approximate surface area is 209 Å². The van der Waals surface area contributed by atoms with Crippen molar-refractivity contribution in [1.82, 2.24) is 34.3 Å². The van der Waals surface area contributed by atoms with Gasteiger partial charge in [0, 0.05) is 44.8 Å². The zero-order chi connectivity index (χ0) is 25.1. The van der Waals surface area contributed by atoms with Crippen LogP contribution in [0.5, 0.6) is 0 Å². The maximum absolute atomic E-state index is 13.2. The second kappa shape index (κ2) is 10.4. The van der Waals surface area contributed by atoms with Crippen molar-refractivity contribution < 1.29 is 17.6 Å². The van der Waals surface area contributed by atoms with Crippen molar-refractivity contribution >= 4 is 15.9 Å². The average molecular weight is 514 g/mol. The lowest BCUT2D eigenvalue weighted by Gasteiger charge is -2.34. The third-order valence-electron chi connectivity index (χ3n) is 6.68. The maximum Gasteiger partial charge on any atom is 0.253 e. The number of carbonyl (C=O) groups excluding carboxylic acids is 1. The van der Waals surface area contributed by atoms with Crippen LogP contribution in [0.25, 0.3) is 5.69 Å². The number of sulfonamides is 1. The van der Waals surface area contributed by atoms with E-state index in [9.17, 15) is 17.6 Å². The zero-order valence-corrected chi connectivity index (χ0v) is 20.6. The van der Waals surface area contributed by atoms with E-state index in [1.54, 1.807) is 33.8 Å². The van der Waals surface area contributed by atoms with Gasteiger partial charge in [-0.05, 0) is 71.8 Å². The Balaban J connectivity index is 1.18. The SMILES string of the molecule is O=C(c1ccc(S(=O)(=O)N2CCCCC2)cc1)N1CCN(Cc2nnnn2-c2ccc(F)cc2)CC1. The molecule has 5 rings (SSSR count). The van der Waals surface area contributed by atoms with Crippen molar-refractivity contribution in [3.8, 4) is 5.69 Å². The van der Waals surface area contributed by atoms with Crippen molar-refractivity contribution in [3.63, 3.8) is 0 Å². The molecule has 1 aromatic heterocycles. The fourth-order valence-corrected chi connectivity index (χ4v) is 6.12. The molecule has 2 aromatic carbocycles. The molecule has 3 heterocycles. The van der Waals surface area contributed by atoms with Gasteiger partial charge in [0.25, 0.3) is 5.91 Å². The van der Waals surface area contributed by atoms with E-state index in [0.717, 1.165) is 19.3 Å². The Kier molecular flexibility index (Phi) is 7.08. The molecule has 10 nitrogen and oxygen atoms in total. The highest BCUT2D eigenvalue weighted by molar-refractivity contribution is 7.89. The van der Waals surface area contributed by atoms with Gasteiger partial charge in [0.15, 0.2) is 5.82 Å². The number of hydrogen-bond donors (Lipinski definition) is 0. The third-order valence-corrected chi connectivity index (χ3v) is 8.60. The average Bonchev–Trinajstić information content (AvgIpc) is 3.38. The number of piperidine rings is 1. The first-order chi connectivity index (χ1) is 17.4. The molecule has 12 heteroatoms. The van der Waals surface area contributed by atoms with Gasteiger partial charge in [-0.25, -0.2) is 12.8 Å². The third kappa shape index (κ3) is 5.15. The Hall–Kier alpha value is -3.22. The van der Waals surface area contributed by atoms with E-state index in [-0.39, 0.29) is 16.6 Å². The van der Waals surface area contributed by atoms with Crippen molar-refractivity contribution in [1.29, 1.82) is 0 Å². The molecular formula is C24H28FN7O3S. The van der Waals surface area contributed by atoms with Crippen molar-refractivity contribution in [2.45, 2.75) is 30.7 Å². The molecule has 2 saturated heterocycles. The molecule has 3 aromatic rings. The number of amides is 1. The Morgan fingerprint density at radius 3 is 2.19 bits per heavy atom. The molecule has 0 unspecified atom stereocenters. The molecule has 0 N–H and O–H groups in total. The number of nitrogens with zero attached hydrogens (tertiary/aromatic N) is 7. The van der Waals surface area contributed by atoms with Crippen LogP contribution in [-0.2, 0) is 16.6 Å². The first-order valence-corrected chi connectivity index (χ1v) is 13.5. The molecule has 0 radical (unpaired) electrons. The van der Waals surface area contributed by atoms with Crippen LogP contribution in [0.1, 0.15) is 35.4 Å².